The van der Waals surface area contributed by atoms with E-state index in [1.54, 1.807) is 0 Å². The van der Waals surface area contributed by atoms with E-state index >= 15 is 0 Å². The Morgan fingerprint density at radius 1 is 1.08 bits per heavy atom. The van der Waals surface area contributed by atoms with E-state index in [4.69, 9.17) is 4.98 Å². The predicted octanol–water partition coefficient (Wildman–Crippen LogP) is 3.87. The Labute approximate surface area is 141 Å². The SMILES string of the molecule is CCn1c(CNCCc2c[nH]c3ccccc23)nc2ccccc21. The molecule has 0 saturated heterocycles. The number of aromatic amines is 1. The first-order valence-corrected chi connectivity index (χ1v) is 8.56. The summed E-state index contributed by atoms with van der Waals surface area (Å²) in [5.74, 6) is 1.11. The molecule has 122 valence electrons. The third kappa shape index (κ3) is 2.69. The van der Waals surface area contributed by atoms with E-state index in [0.29, 0.717) is 0 Å². The molecule has 0 atom stereocenters. The zero-order valence-electron chi connectivity index (χ0n) is 13.9. The molecule has 0 fully saturated rings. The molecule has 2 heterocycles. The highest BCUT2D eigenvalue weighted by Crippen LogP contribution is 2.18. The van der Waals surface area contributed by atoms with E-state index in [1.165, 1.54) is 22.0 Å². The summed E-state index contributed by atoms with van der Waals surface area (Å²) in [6.07, 6.45) is 3.13. The van der Waals surface area contributed by atoms with Crippen LogP contribution in [0.3, 0.4) is 0 Å². The first-order chi connectivity index (χ1) is 11.9. The van der Waals surface area contributed by atoms with Crippen molar-refractivity contribution in [3.05, 3.63) is 66.1 Å². The van der Waals surface area contributed by atoms with Crippen LogP contribution in [-0.2, 0) is 19.5 Å². The number of rotatable bonds is 6. The normalized spacial score (nSPS) is 11.5. The second-order valence-corrected chi connectivity index (χ2v) is 6.05. The molecule has 0 unspecified atom stereocenters. The second kappa shape index (κ2) is 6.49. The molecule has 24 heavy (non-hydrogen) atoms. The number of fused-ring (bicyclic) bond motifs is 2. The van der Waals surface area contributed by atoms with E-state index in [-0.39, 0.29) is 0 Å². The number of aryl methyl sites for hydroxylation is 1. The summed E-state index contributed by atoms with van der Waals surface area (Å²) in [5.41, 5.74) is 4.86. The lowest BCUT2D eigenvalue weighted by Gasteiger charge is -2.07. The maximum Gasteiger partial charge on any atom is 0.123 e. The molecule has 2 aromatic carbocycles. The van der Waals surface area contributed by atoms with Crippen LogP contribution in [0.5, 0.6) is 0 Å². The van der Waals surface area contributed by atoms with Crippen LogP contribution in [0.2, 0.25) is 0 Å². The number of hydrogen-bond donors (Lipinski definition) is 2. The largest absolute Gasteiger partial charge is 0.361 e. The third-order valence-electron chi connectivity index (χ3n) is 4.58. The average Bonchev–Trinajstić information content (AvgIpc) is 3.19. The zero-order valence-corrected chi connectivity index (χ0v) is 13.9. The Morgan fingerprint density at radius 3 is 2.83 bits per heavy atom. The van der Waals surface area contributed by atoms with Crippen molar-refractivity contribution >= 4 is 21.9 Å². The molecular formula is C20H22N4. The van der Waals surface area contributed by atoms with Gasteiger partial charge in [0.1, 0.15) is 5.82 Å². The maximum atomic E-state index is 4.76. The first kappa shape index (κ1) is 15.0. The van der Waals surface area contributed by atoms with Gasteiger partial charge in [-0.3, -0.25) is 0 Å². The molecule has 2 N–H and O–H groups in total. The minimum absolute atomic E-state index is 0.797. The highest BCUT2D eigenvalue weighted by Gasteiger charge is 2.08. The van der Waals surface area contributed by atoms with Crippen LogP contribution in [0.15, 0.2) is 54.7 Å². The summed E-state index contributed by atoms with van der Waals surface area (Å²) in [4.78, 5) is 8.10. The summed E-state index contributed by atoms with van der Waals surface area (Å²) < 4.78 is 2.29. The zero-order chi connectivity index (χ0) is 16.4. The fourth-order valence-electron chi connectivity index (χ4n) is 3.37. The molecule has 2 aromatic heterocycles. The van der Waals surface area contributed by atoms with Crippen molar-refractivity contribution < 1.29 is 0 Å². The summed E-state index contributed by atoms with van der Waals surface area (Å²) in [7, 11) is 0. The number of H-pyrrole nitrogens is 1. The molecule has 0 amide bonds. The van der Waals surface area contributed by atoms with E-state index in [9.17, 15) is 0 Å². The van der Waals surface area contributed by atoms with Gasteiger partial charge < -0.3 is 14.9 Å². The molecule has 0 aliphatic heterocycles. The minimum Gasteiger partial charge on any atom is -0.361 e. The molecular weight excluding hydrogens is 296 g/mol. The molecule has 4 rings (SSSR count). The molecule has 0 aliphatic carbocycles. The van der Waals surface area contributed by atoms with Gasteiger partial charge in [-0.1, -0.05) is 30.3 Å². The van der Waals surface area contributed by atoms with Crippen molar-refractivity contribution in [3.8, 4) is 0 Å². The molecule has 4 heteroatoms. The van der Waals surface area contributed by atoms with Gasteiger partial charge in [-0.25, -0.2) is 4.98 Å². The molecule has 0 radical (unpaired) electrons. The van der Waals surface area contributed by atoms with E-state index in [1.807, 2.05) is 6.07 Å². The van der Waals surface area contributed by atoms with Crippen molar-refractivity contribution in [2.24, 2.45) is 0 Å². The Hall–Kier alpha value is -2.59. The fraction of sp³-hybridized carbons (Fsp3) is 0.250. The van der Waals surface area contributed by atoms with Gasteiger partial charge in [-0.05, 0) is 43.7 Å². The van der Waals surface area contributed by atoms with Gasteiger partial charge in [-0.15, -0.1) is 0 Å². The van der Waals surface area contributed by atoms with E-state index in [0.717, 1.165) is 37.4 Å². The van der Waals surface area contributed by atoms with Gasteiger partial charge >= 0.3 is 0 Å². The Bertz CT molecular complexity index is 964. The average molecular weight is 318 g/mol. The van der Waals surface area contributed by atoms with Crippen LogP contribution >= 0.6 is 0 Å². The quantitative estimate of drug-likeness (QED) is 0.530. The van der Waals surface area contributed by atoms with Gasteiger partial charge in [0, 0.05) is 23.6 Å². The highest BCUT2D eigenvalue weighted by molar-refractivity contribution is 5.83. The van der Waals surface area contributed by atoms with E-state index in [2.05, 4.69) is 70.5 Å². The standard InChI is InChI=1S/C20H22N4/c1-2-24-19-10-6-5-9-18(19)23-20(24)14-21-12-11-15-13-22-17-8-4-3-7-16(15)17/h3-10,13,21-22H,2,11-12,14H2,1H3. The fourth-order valence-corrected chi connectivity index (χ4v) is 3.37. The Kier molecular flexibility index (Phi) is 4.05. The van der Waals surface area contributed by atoms with Gasteiger partial charge in [0.05, 0.1) is 17.6 Å². The van der Waals surface area contributed by atoms with Gasteiger partial charge in [0.2, 0.25) is 0 Å². The summed E-state index contributed by atoms with van der Waals surface area (Å²) in [5, 5.41) is 4.86. The summed E-state index contributed by atoms with van der Waals surface area (Å²) in [6, 6.07) is 16.8. The van der Waals surface area contributed by atoms with Crippen molar-refractivity contribution in [1.82, 2.24) is 19.9 Å². The Morgan fingerprint density at radius 2 is 1.92 bits per heavy atom. The molecule has 0 aliphatic rings. The number of hydrogen-bond acceptors (Lipinski definition) is 2. The number of aromatic nitrogens is 3. The molecule has 4 nitrogen and oxygen atoms in total. The van der Waals surface area contributed by atoms with Crippen LogP contribution in [0.1, 0.15) is 18.3 Å². The monoisotopic (exact) mass is 318 g/mol. The summed E-state index contributed by atoms with van der Waals surface area (Å²) in [6.45, 7) is 4.85. The van der Waals surface area contributed by atoms with Crippen LogP contribution < -0.4 is 5.32 Å². The molecule has 4 aromatic rings. The number of para-hydroxylation sites is 3. The van der Waals surface area contributed by atoms with Gasteiger partial charge in [0.15, 0.2) is 0 Å². The van der Waals surface area contributed by atoms with Crippen molar-refractivity contribution in [2.75, 3.05) is 6.54 Å². The van der Waals surface area contributed by atoms with Crippen LogP contribution in [0.25, 0.3) is 21.9 Å². The lowest BCUT2D eigenvalue weighted by Crippen LogP contribution is -2.19. The van der Waals surface area contributed by atoms with Gasteiger partial charge in [0.25, 0.3) is 0 Å². The minimum atomic E-state index is 0.797. The predicted molar refractivity (Wildman–Crippen MR) is 99.1 cm³/mol. The van der Waals surface area contributed by atoms with Crippen molar-refractivity contribution in [2.45, 2.75) is 26.4 Å². The number of nitrogens with zero attached hydrogens (tertiary/aromatic N) is 2. The lowest BCUT2D eigenvalue weighted by molar-refractivity contribution is 0.621. The number of nitrogens with one attached hydrogen (secondary N) is 2. The van der Waals surface area contributed by atoms with Crippen LogP contribution in [0.4, 0.5) is 0 Å². The van der Waals surface area contributed by atoms with Crippen LogP contribution in [-0.4, -0.2) is 21.1 Å². The van der Waals surface area contributed by atoms with Crippen molar-refractivity contribution in [1.29, 1.82) is 0 Å². The number of imidazole rings is 1. The first-order valence-electron chi connectivity index (χ1n) is 8.56. The maximum absolute atomic E-state index is 4.76. The lowest BCUT2D eigenvalue weighted by atomic mass is 10.1. The third-order valence-corrected chi connectivity index (χ3v) is 4.58. The second-order valence-electron chi connectivity index (χ2n) is 6.05. The molecule has 0 bridgehead atoms. The smallest absolute Gasteiger partial charge is 0.123 e. The Balaban J connectivity index is 1.42. The van der Waals surface area contributed by atoms with E-state index < -0.39 is 0 Å². The van der Waals surface area contributed by atoms with Gasteiger partial charge in [-0.2, -0.15) is 0 Å². The summed E-state index contributed by atoms with van der Waals surface area (Å²) >= 11 is 0. The van der Waals surface area contributed by atoms with Crippen molar-refractivity contribution in [3.63, 3.8) is 0 Å². The topological polar surface area (TPSA) is 45.6 Å². The van der Waals surface area contributed by atoms with Crippen LogP contribution in [0, 0.1) is 0 Å². The molecule has 0 spiro atoms. The highest BCUT2D eigenvalue weighted by atomic mass is 15.1. The number of benzene rings is 2. The molecule has 0 saturated carbocycles.